The van der Waals surface area contributed by atoms with Crippen LogP contribution in [0.2, 0.25) is 0 Å². The van der Waals surface area contributed by atoms with Gasteiger partial charge in [-0.3, -0.25) is 0 Å². The zero-order valence-electron chi connectivity index (χ0n) is 9.72. The molecule has 0 saturated carbocycles. The SMILES string of the molecule is CCC(C)(CN)C(C)(O)CC(C)C. The lowest BCUT2D eigenvalue weighted by Gasteiger charge is -2.42. The smallest absolute Gasteiger partial charge is 0.0687 e. The summed E-state index contributed by atoms with van der Waals surface area (Å²) in [6.07, 6.45) is 1.73. The van der Waals surface area contributed by atoms with Crippen molar-refractivity contribution in [2.75, 3.05) is 6.54 Å². The minimum atomic E-state index is -0.648. The number of aliphatic hydroxyl groups is 1. The third-order valence-corrected chi connectivity index (χ3v) is 3.34. The van der Waals surface area contributed by atoms with Crippen molar-refractivity contribution in [1.29, 1.82) is 0 Å². The number of hydrogen-bond acceptors (Lipinski definition) is 2. The second-order valence-electron chi connectivity index (χ2n) is 4.99. The molecule has 0 bridgehead atoms. The Bertz CT molecular complexity index is 148. The molecule has 0 rings (SSSR count). The van der Waals surface area contributed by atoms with Gasteiger partial charge >= 0.3 is 0 Å². The molecule has 13 heavy (non-hydrogen) atoms. The van der Waals surface area contributed by atoms with Gasteiger partial charge in [-0.1, -0.05) is 27.7 Å². The van der Waals surface area contributed by atoms with Gasteiger partial charge in [-0.2, -0.15) is 0 Å². The fraction of sp³-hybridized carbons (Fsp3) is 1.00. The van der Waals surface area contributed by atoms with Crippen LogP contribution in [0.1, 0.15) is 47.5 Å². The Morgan fingerprint density at radius 2 is 1.77 bits per heavy atom. The molecule has 0 amide bonds. The highest BCUT2D eigenvalue weighted by molar-refractivity contribution is 4.93. The molecule has 0 aromatic heterocycles. The van der Waals surface area contributed by atoms with E-state index in [4.69, 9.17) is 5.73 Å². The maximum absolute atomic E-state index is 10.3. The summed E-state index contributed by atoms with van der Waals surface area (Å²) < 4.78 is 0. The van der Waals surface area contributed by atoms with Crippen LogP contribution in [0.4, 0.5) is 0 Å². The molecule has 0 radical (unpaired) electrons. The van der Waals surface area contributed by atoms with E-state index in [1.165, 1.54) is 0 Å². The minimum Gasteiger partial charge on any atom is -0.390 e. The lowest BCUT2D eigenvalue weighted by Crippen LogP contribution is -2.49. The molecule has 0 aliphatic carbocycles. The van der Waals surface area contributed by atoms with Crippen molar-refractivity contribution in [3.8, 4) is 0 Å². The Labute approximate surface area is 82.5 Å². The summed E-state index contributed by atoms with van der Waals surface area (Å²) in [7, 11) is 0. The normalized spacial score (nSPS) is 21.2. The fourth-order valence-corrected chi connectivity index (χ4v) is 1.79. The topological polar surface area (TPSA) is 46.2 Å². The fourth-order valence-electron chi connectivity index (χ4n) is 1.79. The highest BCUT2D eigenvalue weighted by atomic mass is 16.3. The van der Waals surface area contributed by atoms with Crippen molar-refractivity contribution >= 4 is 0 Å². The third kappa shape index (κ3) is 2.96. The Hall–Kier alpha value is -0.0800. The molecule has 80 valence electrons. The predicted molar refractivity (Wildman–Crippen MR) is 57.5 cm³/mol. The summed E-state index contributed by atoms with van der Waals surface area (Å²) in [5.74, 6) is 0.507. The summed E-state index contributed by atoms with van der Waals surface area (Å²) in [6, 6.07) is 0. The highest BCUT2D eigenvalue weighted by Gasteiger charge is 2.40. The lowest BCUT2D eigenvalue weighted by atomic mass is 9.69. The Kier molecular flexibility index (Phi) is 4.40. The van der Waals surface area contributed by atoms with E-state index in [9.17, 15) is 5.11 Å². The van der Waals surface area contributed by atoms with Crippen LogP contribution in [0, 0.1) is 11.3 Å². The van der Waals surface area contributed by atoms with Gasteiger partial charge in [0.1, 0.15) is 0 Å². The molecule has 0 heterocycles. The van der Waals surface area contributed by atoms with Crippen LogP contribution < -0.4 is 5.73 Å². The molecule has 0 aliphatic heterocycles. The number of rotatable bonds is 5. The zero-order chi connectivity index (χ0) is 10.7. The molecular weight excluding hydrogens is 162 g/mol. The van der Waals surface area contributed by atoms with Gasteiger partial charge in [0.2, 0.25) is 0 Å². The summed E-state index contributed by atoms with van der Waals surface area (Å²) in [5, 5.41) is 10.3. The molecule has 0 spiro atoms. The Morgan fingerprint density at radius 1 is 1.31 bits per heavy atom. The van der Waals surface area contributed by atoms with Crippen molar-refractivity contribution in [3.05, 3.63) is 0 Å². The van der Waals surface area contributed by atoms with Gasteiger partial charge in [0, 0.05) is 12.0 Å². The van der Waals surface area contributed by atoms with Gasteiger partial charge < -0.3 is 10.8 Å². The molecule has 0 aliphatic rings. The molecule has 3 N–H and O–H groups in total. The maximum Gasteiger partial charge on any atom is 0.0687 e. The van der Waals surface area contributed by atoms with E-state index in [0.29, 0.717) is 12.5 Å². The van der Waals surface area contributed by atoms with Crippen LogP contribution in [-0.2, 0) is 0 Å². The Morgan fingerprint density at radius 3 is 2.00 bits per heavy atom. The van der Waals surface area contributed by atoms with Crippen LogP contribution in [0.5, 0.6) is 0 Å². The van der Waals surface area contributed by atoms with E-state index < -0.39 is 5.60 Å². The summed E-state index contributed by atoms with van der Waals surface area (Å²) in [4.78, 5) is 0. The largest absolute Gasteiger partial charge is 0.390 e. The second kappa shape index (κ2) is 4.43. The summed E-state index contributed by atoms with van der Waals surface area (Å²) in [5.41, 5.74) is 4.92. The van der Waals surface area contributed by atoms with Crippen LogP contribution in [0.15, 0.2) is 0 Å². The average Bonchev–Trinajstić information content (AvgIpc) is 2.00. The van der Waals surface area contributed by atoms with Crippen molar-refractivity contribution in [2.24, 2.45) is 17.1 Å². The lowest BCUT2D eigenvalue weighted by molar-refractivity contribution is -0.0727. The standard InChI is InChI=1S/C11H25NO/c1-6-10(4,8-12)11(5,13)7-9(2)3/h9,13H,6-8,12H2,1-5H3. The molecule has 2 atom stereocenters. The molecule has 0 fully saturated rings. The van der Waals surface area contributed by atoms with Gasteiger partial charge in [-0.15, -0.1) is 0 Å². The van der Waals surface area contributed by atoms with Crippen molar-refractivity contribution < 1.29 is 5.11 Å². The van der Waals surface area contributed by atoms with Gasteiger partial charge in [0.25, 0.3) is 0 Å². The van der Waals surface area contributed by atoms with Crippen molar-refractivity contribution in [1.82, 2.24) is 0 Å². The van der Waals surface area contributed by atoms with Crippen molar-refractivity contribution in [3.63, 3.8) is 0 Å². The van der Waals surface area contributed by atoms with E-state index in [0.717, 1.165) is 12.8 Å². The number of hydrogen-bond donors (Lipinski definition) is 2. The van der Waals surface area contributed by atoms with Crippen LogP contribution in [-0.4, -0.2) is 17.3 Å². The van der Waals surface area contributed by atoms with Crippen LogP contribution >= 0.6 is 0 Å². The van der Waals surface area contributed by atoms with Crippen LogP contribution in [0.25, 0.3) is 0 Å². The van der Waals surface area contributed by atoms with Crippen molar-refractivity contribution in [2.45, 2.75) is 53.1 Å². The van der Waals surface area contributed by atoms with Gasteiger partial charge in [-0.05, 0) is 25.7 Å². The molecular formula is C11H25NO. The monoisotopic (exact) mass is 187 g/mol. The first-order valence-corrected chi connectivity index (χ1v) is 5.21. The molecule has 2 nitrogen and oxygen atoms in total. The molecule has 2 unspecified atom stereocenters. The first kappa shape index (κ1) is 12.9. The maximum atomic E-state index is 10.3. The van der Waals surface area contributed by atoms with E-state index in [1.807, 2.05) is 6.92 Å². The average molecular weight is 187 g/mol. The molecule has 0 saturated heterocycles. The quantitative estimate of drug-likeness (QED) is 0.693. The van der Waals surface area contributed by atoms with E-state index in [2.05, 4.69) is 27.7 Å². The molecule has 0 aromatic rings. The number of nitrogens with two attached hydrogens (primary N) is 1. The van der Waals surface area contributed by atoms with E-state index in [1.54, 1.807) is 0 Å². The first-order chi connectivity index (χ1) is 5.79. The first-order valence-electron chi connectivity index (χ1n) is 5.21. The third-order valence-electron chi connectivity index (χ3n) is 3.34. The van der Waals surface area contributed by atoms with Gasteiger partial charge in [-0.25, -0.2) is 0 Å². The summed E-state index contributed by atoms with van der Waals surface area (Å²) >= 11 is 0. The van der Waals surface area contributed by atoms with Gasteiger partial charge in [0.15, 0.2) is 0 Å². The van der Waals surface area contributed by atoms with E-state index >= 15 is 0 Å². The predicted octanol–water partition coefficient (Wildman–Crippen LogP) is 2.16. The summed E-state index contributed by atoms with van der Waals surface area (Å²) in [6.45, 7) is 10.9. The van der Waals surface area contributed by atoms with Gasteiger partial charge in [0.05, 0.1) is 5.60 Å². The molecule has 0 aromatic carbocycles. The Balaban J connectivity index is 4.56. The molecule has 2 heteroatoms. The van der Waals surface area contributed by atoms with E-state index in [-0.39, 0.29) is 5.41 Å². The highest BCUT2D eigenvalue weighted by Crippen LogP contribution is 2.37. The second-order valence-corrected chi connectivity index (χ2v) is 4.99. The minimum absolute atomic E-state index is 0.155. The zero-order valence-corrected chi connectivity index (χ0v) is 9.72. The van der Waals surface area contributed by atoms with Crippen LogP contribution in [0.3, 0.4) is 0 Å².